The van der Waals surface area contributed by atoms with Crippen LogP contribution in [0, 0.1) is 34.5 Å². The van der Waals surface area contributed by atoms with Crippen molar-refractivity contribution < 1.29 is 69.8 Å². The van der Waals surface area contributed by atoms with Crippen molar-refractivity contribution in [1.82, 2.24) is 55.1 Å². The Morgan fingerprint density at radius 1 is 0.649 bits per heavy atom. The van der Waals surface area contributed by atoms with Crippen LogP contribution in [0.25, 0.3) is 21.1 Å². The number of carbonyl (C=O) groups is 8. The first kappa shape index (κ1) is 72.0. The van der Waals surface area contributed by atoms with Gasteiger partial charge in [0.2, 0.25) is 49.6 Å². The van der Waals surface area contributed by atoms with Crippen LogP contribution in [0.5, 0.6) is 12.0 Å². The Morgan fingerprint density at radius 2 is 1.07 bits per heavy atom. The Hall–Kier alpha value is -7.74. The number of nitrogens with zero attached hydrogens (tertiary/aromatic N) is 6. The Balaban J connectivity index is 0.000000192. The number of amides is 7. The Bertz CT molecular complexity index is 3880. The van der Waals surface area contributed by atoms with E-state index in [2.05, 4.69) is 58.5 Å². The van der Waals surface area contributed by atoms with Gasteiger partial charge in [-0.2, -0.15) is 9.97 Å². The molecule has 0 radical (unpaired) electrons. The third-order valence-electron chi connectivity index (χ3n) is 18.5. The number of nitrogens with two attached hydrogens (primary N) is 1. The summed E-state index contributed by atoms with van der Waals surface area (Å²) in [6, 6.07) is 7.42. The molecule has 0 bridgehead atoms. The number of sulfonamides is 2. The minimum atomic E-state index is -3.87. The maximum absolute atomic E-state index is 14.3. The van der Waals surface area contributed by atoms with Gasteiger partial charge in [-0.05, 0) is 122 Å². The summed E-state index contributed by atoms with van der Waals surface area (Å²) < 4.78 is 66.7. The van der Waals surface area contributed by atoms with Gasteiger partial charge in [0.15, 0.2) is 0 Å². The molecule has 31 heteroatoms. The predicted molar refractivity (Wildman–Crippen MR) is 359 cm³/mol. The molecular weight excluding hydrogens is 1330 g/mol. The summed E-state index contributed by atoms with van der Waals surface area (Å²) in [5.41, 5.74) is 3.39. The fourth-order valence-corrected chi connectivity index (χ4v) is 15.9. The second-order valence-corrected chi connectivity index (χ2v) is 34.4. The quantitative estimate of drug-likeness (QED) is 0.0428. The van der Waals surface area contributed by atoms with Gasteiger partial charge in [0, 0.05) is 49.9 Å². The molecule has 2 saturated heterocycles. The van der Waals surface area contributed by atoms with Crippen LogP contribution in [-0.4, -0.2) is 170 Å². The van der Waals surface area contributed by atoms with Crippen molar-refractivity contribution in [1.29, 1.82) is 0 Å². The number of ether oxygens (including phenoxy) is 2. The molecule has 0 aromatic carbocycles. The lowest BCUT2D eigenvalue weighted by molar-refractivity contribution is -0.144. The van der Waals surface area contributed by atoms with E-state index in [1.807, 2.05) is 76.6 Å². The molecule has 2 aliphatic heterocycles. The topological polar surface area (TPSA) is 388 Å². The summed E-state index contributed by atoms with van der Waals surface area (Å²) in [7, 11) is -7.70. The molecule has 6 aliphatic carbocycles. The van der Waals surface area contributed by atoms with E-state index in [9.17, 15) is 55.2 Å². The van der Waals surface area contributed by atoms with Crippen LogP contribution in [0.1, 0.15) is 131 Å². The zero-order valence-electron chi connectivity index (χ0n) is 55.1. The zero-order chi connectivity index (χ0) is 70.2. The molecule has 2 unspecified atom stereocenters. The number of carbonyl (C=O) groups excluding carboxylic acids is 7. The molecule has 524 valence electrons. The third kappa shape index (κ3) is 17.8. The van der Waals surface area contributed by atoms with Crippen LogP contribution in [-0.2, 0) is 58.4 Å². The van der Waals surface area contributed by atoms with Crippen molar-refractivity contribution in [2.45, 2.75) is 189 Å². The first-order chi connectivity index (χ1) is 45.7. The lowest BCUT2D eigenvalue weighted by Crippen LogP contribution is -2.60. The summed E-state index contributed by atoms with van der Waals surface area (Å²) in [6.07, 6.45) is 12.2. The highest BCUT2D eigenvalue weighted by Crippen LogP contribution is 2.47. The molecule has 4 aromatic rings. The number of thiophene rings is 2. The standard InChI is InChI=1S/C33H42N6O7S2.C28H36N6O6S2.C5H8O2/c1-5-20-17-33(20,30(43)38-48(44,45)22-10-11-22)37-28(41)24-16-21(46-31-34-13-12-23(35-31)25-7-6-14-47-25)18-39(24)29(42)27(32(2,3)4)36-26(40)15-19-8-9-19;1-5-16-14-28(16,25(37)33-42(38,39)18-8-9-18)32-23(35)20-13-17(15-34(20)24(36)22(29)27(2,3)4)40-26-30-11-10-19(31-26)21-7-6-12-41-21;6-5(7)3-4-1-2-4/h5-7,12-14,19-22,24,27H,1,8-11,15-18H2,2-4H3,(H,36,40)(H,37,41)(H,38,43);5-7,10-12,16-18,20,22H,1,8-9,13-15,29H2,2-4H3,(H,32,35)(H,33,37);4H,1-3H2,(H,6,7)/t20?,21-,24+,27-,33-;16?,17-,20+,22-,28-;/m11./s1. The minimum Gasteiger partial charge on any atom is -0.481 e. The number of carboxylic acids is 1. The Morgan fingerprint density at radius 3 is 1.41 bits per heavy atom. The minimum absolute atomic E-state index is 0.00523. The second kappa shape index (κ2) is 28.6. The van der Waals surface area contributed by atoms with E-state index in [0.717, 1.165) is 35.4 Å². The molecular formula is C66H86N12O15S4. The predicted octanol–water partition coefficient (Wildman–Crippen LogP) is 5.02. The smallest absolute Gasteiger partial charge is 0.317 e. The van der Waals surface area contributed by atoms with E-state index in [4.69, 9.17) is 20.3 Å². The van der Waals surface area contributed by atoms with Gasteiger partial charge < -0.3 is 46.1 Å². The van der Waals surface area contributed by atoms with Gasteiger partial charge in [-0.3, -0.25) is 47.8 Å². The molecule has 10 atom stereocenters. The van der Waals surface area contributed by atoms with E-state index < -0.39 is 142 Å². The van der Waals surface area contributed by atoms with Crippen LogP contribution < -0.4 is 40.6 Å². The third-order valence-corrected chi connectivity index (χ3v) is 23.9. The van der Waals surface area contributed by atoms with E-state index >= 15 is 0 Å². The van der Waals surface area contributed by atoms with Crippen molar-refractivity contribution in [3.63, 3.8) is 0 Å². The Kier molecular flexibility index (Phi) is 21.2. The molecule has 8 fully saturated rings. The average molecular weight is 1420 g/mol. The van der Waals surface area contributed by atoms with Gasteiger partial charge in [0.1, 0.15) is 41.4 Å². The van der Waals surface area contributed by atoms with Gasteiger partial charge in [0.25, 0.3) is 11.8 Å². The number of rotatable bonds is 25. The Labute approximate surface area is 572 Å². The molecule has 27 nitrogen and oxygen atoms in total. The molecule has 12 rings (SSSR count). The van der Waals surface area contributed by atoms with Crippen LogP contribution in [0.3, 0.4) is 0 Å². The molecule has 6 saturated carbocycles. The number of aliphatic carboxylic acids is 1. The van der Waals surface area contributed by atoms with Crippen LogP contribution in [0.2, 0.25) is 0 Å². The lowest BCUT2D eigenvalue weighted by Gasteiger charge is -2.35. The number of aromatic nitrogens is 4. The van der Waals surface area contributed by atoms with Crippen LogP contribution in [0.15, 0.2) is 84.9 Å². The fourth-order valence-electron chi connectivity index (χ4n) is 11.7. The molecule has 6 heterocycles. The average Bonchev–Trinajstić information content (AvgIpc) is 1.58. The van der Waals surface area contributed by atoms with Crippen molar-refractivity contribution in [3.05, 3.63) is 84.9 Å². The summed E-state index contributed by atoms with van der Waals surface area (Å²) in [4.78, 5) is 127. The van der Waals surface area contributed by atoms with E-state index in [1.165, 1.54) is 44.6 Å². The highest BCUT2D eigenvalue weighted by atomic mass is 32.2. The fraction of sp³-hybridized carbons (Fsp3) is 0.576. The van der Waals surface area contributed by atoms with Crippen molar-refractivity contribution in [2.24, 2.45) is 40.2 Å². The maximum atomic E-state index is 14.3. The van der Waals surface area contributed by atoms with Gasteiger partial charge >= 0.3 is 18.0 Å². The number of likely N-dealkylation sites (tertiary alicyclic amines) is 2. The van der Waals surface area contributed by atoms with E-state index in [-0.39, 0.29) is 56.7 Å². The van der Waals surface area contributed by atoms with Gasteiger partial charge in [-0.1, -0.05) is 65.8 Å². The molecule has 0 spiro atoms. The highest BCUT2D eigenvalue weighted by molar-refractivity contribution is 7.91. The SMILES string of the molecule is C=CC1C[C@]1(NC(=O)[C@@H]1C[C@@H](Oc2nccc(-c3cccs3)n2)CN1C(=O)[C@@H](N)C(C)(C)C)C(=O)NS(=O)(=O)C1CC1.C=CC1C[C@]1(NC(=O)[C@@H]1C[C@@H](Oc2nccc(-c3cccs3)n2)CN1C(=O)[C@@H](NC(=O)CC1CC1)C(C)(C)C)C(=O)NS(=O)(=O)C1CC1.O=C(O)CC1CC1. The normalized spacial score (nSPS) is 25.6. The first-order valence-electron chi connectivity index (χ1n) is 32.7. The summed E-state index contributed by atoms with van der Waals surface area (Å²) in [5.74, 6) is -4.76. The van der Waals surface area contributed by atoms with Crippen molar-refractivity contribution >= 4 is 90.0 Å². The van der Waals surface area contributed by atoms with Crippen molar-refractivity contribution in [2.75, 3.05) is 13.1 Å². The molecule has 8 N–H and O–H groups in total. The van der Waals surface area contributed by atoms with Gasteiger partial charge in [0.05, 0.1) is 50.8 Å². The van der Waals surface area contributed by atoms with E-state index in [0.29, 0.717) is 61.7 Å². The van der Waals surface area contributed by atoms with Crippen molar-refractivity contribution in [3.8, 4) is 33.2 Å². The molecule has 7 amide bonds. The molecule has 97 heavy (non-hydrogen) atoms. The summed E-state index contributed by atoms with van der Waals surface area (Å²) in [5, 5.41) is 19.2. The van der Waals surface area contributed by atoms with Crippen LogP contribution in [0.4, 0.5) is 0 Å². The highest BCUT2D eigenvalue weighted by Gasteiger charge is 2.64. The number of nitrogens with one attached hydrogen (secondary N) is 5. The number of hydrogen-bond donors (Lipinski definition) is 7. The maximum Gasteiger partial charge on any atom is 0.317 e. The largest absolute Gasteiger partial charge is 0.481 e. The summed E-state index contributed by atoms with van der Waals surface area (Å²) in [6.45, 7) is 18.6. The molecule has 8 aliphatic rings. The van der Waals surface area contributed by atoms with Gasteiger partial charge in [-0.25, -0.2) is 26.8 Å². The second-order valence-electron chi connectivity index (χ2n) is 28.6. The number of carboxylic acid groups (broad SMARTS) is 1. The summed E-state index contributed by atoms with van der Waals surface area (Å²) >= 11 is 3.04. The zero-order valence-corrected chi connectivity index (χ0v) is 58.4. The monoisotopic (exact) mass is 1410 g/mol. The van der Waals surface area contributed by atoms with Gasteiger partial charge in [-0.15, -0.1) is 35.8 Å². The lowest BCUT2D eigenvalue weighted by atomic mass is 9.85. The number of hydrogen-bond acceptors (Lipinski definition) is 21. The molecule has 4 aromatic heterocycles. The first-order valence-corrected chi connectivity index (χ1v) is 37.6. The van der Waals surface area contributed by atoms with E-state index in [1.54, 1.807) is 24.5 Å². The van der Waals surface area contributed by atoms with Crippen LogP contribution >= 0.6 is 22.7 Å².